The summed E-state index contributed by atoms with van der Waals surface area (Å²) in [6.45, 7) is 0.336. The van der Waals surface area contributed by atoms with E-state index in [9.17, 15) is 18.0 Å². The van der Waals surface area contributed by atoms with Crippen LogP contribution >= 0.6 is 0 Å². The summed E-state index contributed by atoms with van der Waals surface area (Å²) in [4.78, 5) is 24.5. The van der Waals surface area contributed by atoms with Gasteiger partial charge in [0.25, 0.3) is 5.91 Å². The Labute approximate surface area is 152 Å². The van der Waals surface area contributed by atoms with Gasteiger partial charge in [-0.3, -0.25) is 9.78 Å². The number of aromatic nitrogens is 3. The first-order valence-corrected chi connectivity index (χ1v) is 7.88. The molecule has 0 radical (unpaired) electrons. The molecule has 6 nitrogen and oxygen atoms in total. The van der Waals surface area contributed by atoms with Crippen molar-refractivity contribution in [2.75, 3.05) is 10.6 Å². The number of carbonyl (C=O) groups is 1. The number of nitrogens with zero attached hydrogens (tertiary/aromatic N) is 3. The summed E-state index contributed by atoms with van der Waals surface area (Å²) in [5.41, 5.74) is -0.585. The zero-order valence-electron chi connectivity index (χ0n) is 13.9. The van der Waals surface area contributed by atoms with E-state index in [4.69, 9.17) is 0 Å². The van der Waals surface area contributed by atoms with Gasteiger partial charge in [-0.1, -0.05) is 18.2 Å². The lowest BCUT2D eigenvalue weighted by Gasteiger charge is -2.13. The third kappa shape index (κ3) is 4.78. The molecular weight excluding hydrogens is 359 g/mol. The van der Waals surface area contributed by atoms with Crippen molar-refractivity contribution in [2.24, 2.45) is 0 Å². The van der Waals surface area contributed by atoms with Crippen LogP contribution in [0.25, 0.3) is 0 Å². The predicted molar refractivity (Wildman–Crippen MR) is 93.0 cm³/mol. The van der Waals surface area contributed by atoms with Crippen LogP contribution < -0.4 is 10.6 Å². The number of carbonyl (C=O) groups excluding carboxylic acids is 1. The standard InChI is InChI=1S/C18H14F3N5O/c19-18(20,21)13-6-1-2-7-14(13)25-16(27)15-8-10-23-17(26-15)24-11-12-5-3-4-9-22-12/h1-10H,11H2,(H,25,27)(H,23,24,26). The Balaban J connectivity index is 1.73. The highest BCUT2D eigenvalue weighted by Gasteiger charge is 2.33. The largest absolute Gasteiger partial charge is 0.418 e. The van der Waals surface area contributed by atoms with Crippen molar-refractivity contribution in [3.8, 4) is 0 Å². The fraction of sp³-hybridized carbons (Fsp3) is 0.111. The SMILES string of the molecule is O=C(Nc1ccccc1C(F)(F)F)c1ccnc(NCc2ccccn2)n1. The van der Waals surface area contributed by atoms with Crippen LogP contribution in [0.1, 0.15) is 21.7 Å². The first-order chi connectivity index (χ1) is 12.9. The second-order valence-corrected chi connectivity index (χ2v) is 5.44. The molecule has 0 aliphatic carbocycles. The van der Waals surface area contributed by atoms with Crippen molar-refractivity contribution in [3.63, 3.8) is 0 Å². The maximum absolute atomic E-state index is 13.0. The third-order valence-corrected chi connectivity index (χ3v) is 3.52. The second-order valence-electron chi connectivity index (χ2n) is 5.44. The van der Waals surface area contributed by atoms with Gasteiger partial charge in [-0.15, -0.1) is 0 Å². The molecule has 3 rings (SSSR count). The minimum absolute atomic E-state index is 0.0644. The lowest BCUT2D eigenvalue weighted by molar-refractivity contribution is -0.136. The number of amides is 1. The third-order valence-electron chi connectivity index (χ3n) is 3.52. The Morgan fingerprint density at radius 2 is 1.74 bits per heavy atom. The van der Waals surface area contributed by atoms with E-state index in [2.05, 4.69) is 25.6 Å². The molecule has 0 bridgehead atoms. The van der Waals surface area contributed by atoms with Crippen LogP contribution in [0.15, 0.2) is 60.9 Å². The molecule has 2 heterocycles. The Hall–Kier alpha value is -3.49. The quantitative estimate of drug-likeness (QED) is 0.712. The van der Waals surface area contributed by atoms with E-state index in [0.29, 0.717) is 6.54 Å². The Bertz CT molecular complexity index is 932. The predicted octanol–water partition coefficient (Wildman–Crippen LogP) is 3.75. The molecular formula is C18H14F3N5O. The Kier molecular flexibility index (Phi) is 5.30. The van der Waals surface area contributed by atoms with Crippen LogP contribution in [0.5, 0.6) is 0 Å². The molecule has 0 unspecified atom stereocenters. The molecule has 2 N–H and O–H groups in total. The van der Waals surface area contributed by atoms with Crippen LogP contribution in [0, 0.1) is 0 Å². The maximum Gasteiger partial charge on any atom is 0.418 e. The minimum atomic E-state index is -4.58. The molecule has 0 fully saturated rings. The van der Waals surface area contributed by atoms with Gasteiger partial charge in [0.15, 0.2) is 0 Å². The Morgan fingerprint density at radius 3 is 2.48 bits per heavy atom. The molecule has 2 aromatic heterocycles. The molecule has 3 aromatic rings. The number of hydrogen-bond acceptors (Lipinski definition) is 5. The van der Waals surface area contributed by atoms with Gasteiger partial charge in [0.1, 0.15) is 5.69 Å². The molecule has 0 aliphatic rings. The Morgan fingerprint density at radius 1 is 0.963 bits per heavy atom. The van der Waals surface area contributed by atoms with E-state index in [-0.39, 0.29) is 17.3 Å². The van der Waals surface area contributed by atoms with Crippen molar-refractivity contribution in [1.29, 1.82) is 0 Å². The van der Waals surface area contributed by atoms with Gasteiger partial charge in [-0.2, -0.15) is 13.2 Å². The number of anilines is 2. The van der Waals surface area contributed by atoms with Crippen LogP contribution in [0.2, 0.25) is 0 Å². The van der Waals surface area contributed by atoms with Gasteiger partial charge >= 0.3 is 6.18 Å². The number of pyridine rings is 1. The highest BCUT2D eigenvalue weighted by atomic mass is 19.4. The van der Waals surface area contributed by atoms with Crippen LogP contribution in [0.4, 0.5) is 24.8 Å². The summed E-state index contributed by atoms with van der Waals surface area (Å²) in [7, 11) is 0. The summed E-state index contributed by atoms with van der Waals surface area (Å²) in [6.07, 6.45) is -1.59. The van der Waals surface area contributed by atoms with Crippen molar-refractivity contribution < 1.29 is 18.0 Å². The summed E-state index contributed by atoms with van der Waals surface area (Å²) in [6, 6.07) is 11.5. The smallest absolute Gasteiger partial charge is 0.349 e. The molecule has 1 amide bonds. The first kappa shape index (κ1) is 18.3. The zero-order valence-corrected chi connectivity index (χ0v) is 13.9. The topological polar surface area (TPSA) is 79.8 Å². The van der Waals surface area contributed by atoms with Gasteiger partial charge < -0.3 is 10.6 Å². The number of alkyl halides is 3. The molecule has 0 saturated carbocycles. The molecule has 1 aromatic carbocycles. The van der Waals surface area contributed by atoms with Crippen molar-refractivity contribution in [3.05, 3.63) is 77.9 Å². The van der Waals surface area contributed by atoms with E-state index in [0.717, 1.165) is 11.8 Å². The minimum Gasteiger partial charge on any atom is -0.349 e. The number of nitrogens with one attached hydrogen (secondary N) is 2. The molecule has 0 spiro atoms. The number of rotatable bonds is 5. The lowest BCUT2D eigenvalue weighted by Crippen LogP contribution is -2.18. The van der Waals surface area contributed by atoms with Gasteiger partial charge in [-0.05, 0) is 30.3 Å². The molecule has 0 atom stereocenters. The van der Waals surface area contributed by atoms with Gasteiger partial charge in [0.2, 0.25) is 5.95 Å². The zero-order chi connectivity index (χ0) is 19.3. The summed E-state index contributed by atoms with van der Waals surface area (Å²) >= 11 is 0. The fourth-order valence-corrected chi connectivity index (χ4v) is 2.27. The average molecular weight is 373 g/mol. The molecule has 138 valence electrons. The number of hydrogen-bond donors (Lipinski definition) is 2. The number of para-hydroxylation sites is 1. The average Bonchev–Trinajstić information content (AvgIpc) is 2.67. The van der Waals surface area contributed by atoms with Crippen LogP contribution in [0.3, 0.4) is 0 Å². The normalized spacial score (nSPS) is 11.1. The monoisotopic (exact) mass is 373 g/mol. The van der Waals surface area contributed by atoms with E-state index >= 15 is 0 Å². The van der Waals surface area contributed by atoms with Crippen molar-refractivity contribution >= 4 is 17.5 Å². The highest BCUT2D eigenvalue weighted by molar-refractivity contribution is 6.03. The maximum atomic E-state index is 13.0. The first-order valence-electron chi connectivity index (χ1n) is 7.88. The van der Waals surface area contributed by atoms with Gasteiger partial charge in [0.05, 0.1) is 23.5 Å². The lowest BCUT2D eigenvalue weighted by atomic mass is 10.1. The molecule has 0 saturated heterocycles. The van der Waals surface area contributed by atoms with E-state index < -0.39 is 17.6 Å². The van der Waals surface area contributed by atoms with E-state index in [1.807, 2.05) is 6.07 Å². The number of halogens is 3. The summed E-state index contributed by atoms with van der Waals surface area (Å²) < 4.78 is 39.1. The van der Waals surface area contributed by atoms with Crippen LogP contribution in [-0.2, 0) is 12.7 Å². The van der Waals surface area contributed by atoms with Crippen molar-refractivity contribution in [2.45, 2.75) is 12.7 Å². The molecule has 9 heteroatoms. The molecule has 0 aliphatic heterocycles. The van der Waals surface area contributed by atoms with E-state index in [1.54, 1.807) is 18.3 Å². The highest BCUT2D eigenvalue weighted by Crippen LogP contribution is 2.34. The van der Waals surface area contributed by atoms with Crippen molar-refractivity contribution in [1.82, 2.24) is 15.0 Å². The van der Waals surface area contributed by atoms with E-state index in [1.165, 1.54) is 30.5 Å². The van der Waals surface area contributed by atoms with Crippen LogP contribution in [-0.4, -0.2) is 20.9 Å². The molecule has 27 heavy (non-hydrogen) atoms. The summed E-state index contributed by atoms with van der Waals surface area (Å²) in [5.74, 6) is -0.604. The van der Waals surface area contributed by atoms with Gasteiger partial charge in [-0.25, -0.2) is 9.97 Å². The second kappa shape index (κ2) is 7.81. The fourth-order valence-electron chi connectivity index (χ4n) is 2.27. The number of benzene rings is 1. The van der Waals surface area contributed by atoms with Gasteiger partial charge in [0, 0.05) is 12.4 Å². The summed E-state index contributed by atoms with van der Waals surface area (Å²) in [5, 5.41) is 5.16.